The molecule has 0 bridgehead atoms. The molecule has 6 heteroatoms. The summed E-state index contributed by atoms with van der Waals surface area (Å²) in [6, 6.07) is 12.0. The molecule has 0 radical (unpaired) electrons. The number of anilines is 1. The number of para-hydroxylation sites is 1. The molecule has 1 unspecified atom stereocenters. The van der Waals surface area contributed by atoms with E-state index in [1.54, 1.807) is 7.11 Å². The SMILES string of the molecule is CNc1c2ccccc2nc2cc(OCCCN3CCC(F)C3)c(OC)cc12. The third-order valence-corrected chi connectivity index (χ3v) is 5.31. The van der Waals surface area contributed by atoms with E-state index in [2.05, 4.69) is 16.3 Å². The first kappa shape index (κ1) is 18.7. The number of rotatable bonds is 7. The van der Waals surface area contributed by atoms with Gasteiger partial charge in [-0.2, -0.15) is 0 Å². The highest BCUT2D eigenvalue weighted by atomic mass is 19.1. The molecule has 0 amide bonds. The van der Waals surface area contributed by atoms with Crippen LogP contribution in [0.15, 0.2) is 36.4 Å². The molecular formula is C22H26FN3O2. The summed E-state index contributed by atoms with van der Waals surface area (Å²) in [5.41, 5.74) is 2.82. The summed E-state index contributed by atoms with van der Waals surface area (Å²) in [7, 11) is 3.56. The van der Waals surface area contributed by atoms with E-state index >= 15 is 0 Å². The molecule has 1 aliphatic rings. The number of nitrogens with zero attached hydrogens (tertiary/aromatic N) is 2. The standard InChI is InChI=1S/C22H26FN3O2/c1-24-22-16-6-3-4-7-18(16)25-19-13-21(20(27-2)12-17(19)22)28-11-5-9-26-10-8-15(23)14-26/h3-4,6-7,12-13,15H,5,8-11,14H2,1-2H3,(H,24,25). The molecule has 148 valence electrons. The van der Waals surface area contributed by atoms with Crippen LogP contribution in [0.25, 0.3) is 21.8 Å². The molecule has 1 N–H and O–H groups in total. The van der Waals surface area contributed by atoms with Crippen molar-refractivity contribution in [1.29, 1.82) is 0 Å². The van der Waals surface area contributed by atoms with E-state index in [1.807, 2.05) is 37.4 Å². The highest BCUT2D eigenvalue weighted by Crippen LogP contribution is 2.38. The molecule has 5 nitrogen and oxygen atoms in total. The van der Waals surface area contributed by atoms with Crippen LogP contribution in [-0.4, -0.2) is 56.5 Å². The number of likely N-dealkylation sites (tertiary alicyclic amines) is 1. The van der Waals surface area contributed by atoms with Gasteiger partial charge in [-0.25, -0.2) is 9.37 Å². The number of pyridine rings is 1. The van der Waals surface area contributed by atoms with Gasteiger partial charge in [0, 0.05) is 43.5 Å². The molecule has 0 aliphatic carbocycles. The Morgan fingerprint density at radius 2 is 2.04 bits per heavy atom. The lowest BCUT2D eigenvalue weighted by Crippen LogP contribution is -2.23. The van der Waals surface area contributed by atoms with Crippen molar-refractivity contribution in [3.05, 3.63) is 36.4 Å². The topological polar surface area (TPSA) is 46.6 Å². The second-order valence-corrected chi connectivity index (χ2v) is 7.16. The predicted octanol–water partition coefficient (Wildman–Crippen LogP) is 4.25. The van der Waals surface area contributed by atoms with Crippen molar-refractivity contribution < 1.29 is 13.9 Å². The fourth-order valence-electron chi connectivity index (χ4n) is 3.90. The Balaban J connectivity index is 1.57. The number of methoxy groups -OCH3 is 1. The molecule has 1 aromatic heterocycles. The molecule has 1 aliphatic heterocycles. The number of hydrogen-bond donors (Lipinski definition) is 1. The first-order valence-electron chi connectivity index (χ1n) is 9.77. The largest absolute Gasteiger partial charge is 0.493 e. The Kier molecular flexibility index (Phi) is 5.48. The Bertz CT molecular complexity index is 979. The van der Waals surface area contributed by atoms with E-state index in [-0.39, 0.29) is 0 Å². The molecule has 0 saturated carbocycles. The summed E-state index contributed by atoms with van der Waals surface area (Å²) >= 11 is 0. The molecule has 28 heavy (non-hydrogen) atoms. The van der Waals surface area contributed by atoms with Crippen molar-refractivity contribution in [3.63, 3.8) is 0 Å². The Labute approximate surface area is 164 Å². The van der Waals surface area contributed by atoms with Gasteiger partial charge < -0.3 is 19.7 Å². The number of fused-ring (bicyclic) bond motifs is 2. The molecule has 2 aromatic carbocycles. The zero-order chi connectivity index (χ0) is 19.5. The molecular weight excluding hydrogens is 357 g/mol. The second kappa shape index (κ2) is 8.19. The second-order valence-electron chi connectivity index (χ2n) is 7.16. The van der Waals surface area contributed by atoms with Gasteiger partial charge in [-0.05, 0) is 25.0 Å². The lowest BCUT2D eigenvalue weighted by Gasteiger charge is -2.17. The number of hydrogen-bond acceptors (Lipinski definition) is 5. The van der Waals surface area contributed by atoms with Gasteiger partial charge in [0.1, 0.15) is 6.17 Å². The molecule has 1 atom stereocenters. The van der Waals surface area contributed by atoms with Crippen LogP contribution in [0.2, 0.25) is 0 Å². The number of halogens is 1. The quantitative estimate of drug-likeness (QED) is 0.488. The van der Waals surface area contributed by atoms with Gasteiger partial charge >= 0.3 is 0 Å². The molecule has 2 heterocycles. The van der Waals surface area contributed by atoms with Crippen LogP contribution in [0.3, 0.4) is 0 Å². The van der Waals surface area contributed by atoms with Crippen LogP contribution >= 0.6 is 0 Å². The van der Waals surface area contributed by atoms with Crippen molar-refractivity contribution in [1.82, 2.24) is 9.88 Å². The number of ether oxygens (including phenoxy) is 2. The van der Waals surface area contributed by atoms with Gasteiger partial charge in [-0.1, -0.05) is 18.2 Å². The minimum Gasteiger partial charge on any atom is -0.493 e. The highest BCUT2D eigenvalue weighted by Gasteiger charge is 2.21. The van der Waals surface area contributed by atoms with E-state index < -0.39 is 6.17 Å². The van der Waals surface area contributed by atoms with Crippen molar-refractivity contribution in [2.24, 2.45) is 0 Å². The summed E-state index contributed by atoms with van der Waals surface area (Å²) in [4.78, 5) is 6.95. The first-order chi connectivity index (χ1) is 13.7. The van der Waals surface area contributed by atoms with Crippen LogP contribution in [0, 0.1) is 0 Å². The monoisotopic (exact) mass is 383 g/mol. The van der Waals surface area contributed by atoms with Crippen molar-refractivity contribution in [2.45, 2.75) is 19.0 Å². The van der Waals surface area contributed by atoms with E-state index in [0.717, 1.165) is 47.0 Å². The number of aromatic nitrogens is 1. The molecule has 4 rings (SSSR count). The minimum absolute atomic E-state index is 0.545. The molecule has 3 aromatic rings. The Hall–Kier alpha value is -2.60. The van der Waals surface area contributed by atoms with Crippen molar-refractivity contribution in [3.8, 4) is 11.5 Å². The molecule has 1 saturated heterocycles. The lowest BCUT2D eigenvalue weighted by atomic mass is 10.1. The molecule has 1 fully saturated rings. The van der Waals surface area contributed by atoms with Crippen LogP contribution in [0.5, 0.6) is 11.5 Å². The maximum absolute atomic E-state index is 13.3. The normalized spacial score (nSPS) is 17.3. The summed E-state index contributed by atoms with van der Waals surface area (Å²) in [6.45, 7) is 2.79. The van der Waals surface area contributed by atoms with E-state index in [1.165, 1.54) is 0 Å². The summed E-state index contributed by atoms with van der Waals surface area (Å²) in [6.07, 6.45) is 0.817. The predicted molar refractivity (Wildman–Crippen MR) is 111 cm³/mol. The lowest BCUT2D eigenvalue weighted by molar-refractivity contribution is 0.243. The van der Waals surface area contributed by atoms with E-state index in [9.17, 15) is 4.39 Å². The highest BCUT2D eigenvalue weighted by molar-refractivity contribution is 6.08. The first-order valence-corrected chi connectivity index (χ1v) is 9.77. The van der Waals surface area contributed by atoms with Gasteiger partial charge in [0.05, 0.1) is 30.4 Å². The van der Waals surface area contributed by atoms with Crippen molar-refractivity contribution in [2.75, 3.05) is 45.7 Å². The Morgan fingerprint density at radius 1 is 1.18 bits per heavy atom. The smallest absolute Gasteiger partial charge is 0.163 e. The third kappa shape index (κ3) is 3.69. The summed E-state index contributed by atoms with van der Waals surface area (Å²) in [5.74, 6) is 1.37. The van der Waals surface area contributed by atoms with Gasteiger partial charge in [0.25, 0.3) is 0 Å². The average molecular weight is 383 g/mol. The van der Waals surface area contributed by atoms with E-state index in [0.29, 0.717) is 31.1 Å². The fraction of sp³-hybridized carbons (Fsp3) is 0.409. The number of benzene rings is 2. The van der Waals surface area contributed by atoms with Gasteiger partial charge in [0.2, 0.25) is 0 Å². The van der Waals surface area contributed by atoms with E-state index in [4.69, 9.17) is 14.5 Å². The van der Waals surface area contributed by atoms with Crippen LogP contribution in [0.4, 0.5) is 10.1 Å². The van der Waals surface area contributed by atoms with Crippen LogP contribution in [0.1, 0.15) is 12.8 Å². The summed E-state index contributed by atoms with van der Waals surface area (Å²) < 4.78 is 24.8. The van der Waals surface area contributed by atoms with Crippen molar-refractivity contribution >= 4 is 27.5 Å². The maximum Gasteiger partial charge on any atom is 0.163 e. The summed E-state index contributed by atoms with van der Waals surface area (Å²) in [5, 5.41) is 5.37. The third-order valence-electron chi connectivity index (χ3n) is 5.31. The zero-order valence-corrected chi connectivity index (χ0v) is 16.4. The fourth-order valence-corrected chi connectivity index (χ4v) is 3.90. The molecule has 0 spiro atoms. The van der Waals surface area contributed by atoms with Gasteiger partial charge in [0.15, 0.2) is 11.5 Å². The Morgan fingerprint density at radius 3 is 2.79 bits per heavy atom. The number of alkyl halides is 1. The maximum atomic E-state index is 13.3. The number of nitrogens with one attached hydrogen (secondary N) is 1. The van der Waals surface area contributed by atoms with Gasteiger partial charge in [-0.15, -0.1) is 0 Å². The van der Waals surface area contributed by atoms with Gasteiger partial charge in [-0.3, -0.25) is 0 Å². The minimum atomic E-state index is -0.677. The van der Waals surface area contributed by atoms with Crippen LogP contribution in [-0.2, 0) is 0 Å². The van der Waals surface area contributed by atoms with Crippen LogP contribution < -0.4 is 14.8 Å². The zero-order valence-electron chi connectivity index (χ0n) is 16.4. The average Bonchev–Trinajstić information content (AvgIpc) is 3.13.